The fraction of sp³-hybridized carbons (Fsp3) is 0.269. The van der Waals surface area contributed by atoms with E-state index in [4.69, 9.17) is 22.7 Å². The first-order valence-electron chi connectivity index (χ1n) is 12.0. The molecule has 5 N–H and O–H groups in total. The van der Waals surface area contributed by atoms with Gasteiger partial charge in [-0.2, -0.15) is 4.31 Å². The number of hydrogen-bond donors (Lipinski definition) is 4. The van der Waals surface area contributed by atoms with Gasteiger partial charge in [-0.15, -0.1) is 11.3 Å². The number of anilines is 1. The minimum absolute atomic E-state index is 0.0803. The van der Waals surface area contributed by atoms with E-state index in [2.05, 4.69) is 10.6 Å². The molecule has 2 heterocycles. The number of sulfonamides is 1. The van der Waals surface area contributed by atoms with Crippen LogP contribution < -0.4 is 16.4 Å². The summed E-state index contributed by atoms with van der Waals surface area (Å²) in [6, 6.07) is 14.4. The molecule has 0 aliphatic carbocycles. The molecular weight excluding hydrogens is 546 g/mol. The molecule has 1 aliphatic rings. The molecule has 0 radical (unpaired) electrons. The fourth-order valence-corrected chi connectivity index (χ4v) is 7.06. The van der Waals surface area contributed by atoms with E-state index in [-0.39, 0.29) is 10.7 Å². The van der Waals surface area contributed by atoms with Gasteiger partial charge in [-0.3, -0.25) is 15.0 Å². The SMILES string of the molecule is C[C@H](NC(=O)CC(=O)Nc1ccc(C(=N)N)cc1)c1ccc(S(=O)(=O)N2CCCC2)c(-c2ccc(Cl)s2)c1. The van der Waals surface area contributed by atoms with Crippen molar-refractivity contribution < 1.29 is 18.0 Å². The van der Waals surface area contributed by atoms with E-state index in [0.29, 0.717) is 44.7 Å². The summed E-state index contributed by atoms with van der Waals surface area (Å²) in [6.45, 7) is 2.75. The average Bonchev–Trinajstić information content (AvgIpc) is 3.56. The number of nitrogen functional groups attached to an aromatic ring is 1. The molecule has 1 aliphatic heterocycles. The number of thiophene rings is 1. The van der Waals surface area contributed by atoms with Crippen molar-refractivity contribution in [3.05, 3.63) is 70.1 Å². The lowest BCUT2D eigenvalue weighted by atomic mass is 10.0. The summed E-state index contributed by atoms with van der Waals surface area (Å²) in [5.74, 6) is -1.06. The van der Waals surface area contributed by atoms with Crippen LogP contribution in [0.5, 0.6) is 0 Å². The second-order valence-corrected chi connectivity index (χ2v) is 12.6. The highest BCUT2D eigenvalue weighted by Crippen LogP contribution is 2.38. The Morgan fingerprint density at radius 1 is 1.08 bits per heavy atom. The van der Waals surface area contributed by atoms with E-state index in [1.165, 1.54) is 15.6 Å². The van der Waals surface area contributed by atoms with Gasteiger partial charge in [0.2, 0.25) is 21.8 Å². The first-order valence-corrected chi connectivity index (χ1v) is 14.6. The number of nitrogens with two attached hydrogens (primary N) is 1. The molecule has 1 fully saturated rings. The fourth-order valence-electron chi connectivity index (χ4n) is 4.22. The van der Waals surface area contributed by atoms with Crippen molar-refractivity contribution in [1.82, 2.24) is 9.62 Å². The number of amides is 2. The van der Waals surface area contributed by atoms with Crippen LogP contribution in [0.2, 0.25) is 4.34 Å². The Balaban J connectivity index is 1.48. The molecule has 12 heteroatoms. The lowest BCUT2D eigenvalue weighted by Crippen LogP contribution is -2.30. The van der Waals surface area contributed by atoms with E-state index in [1.54, 1.807) is 61.5 Å². The number of amidine groups is 1. The summed E-state index contributed by atoms with van der Waals surface area (Å²) in [5, 5.41) is 12.9. The molecule has 2 aromatic carbocycles. The predicted molar refractivity (Wildman–Crippen MR) is 150 cm³/mol. The highest BCUT2D eigenvalue weighted by atomic mass is 35.5. The Labute approximate surface area is 230 Å². The summed E-state index contributed by atoms with van der Waals surface area (Å²) in [6.07, 6.45) is 1.27. The Bertz CT molecular complexity index is 1460. The number of rotatable bonds is 9. The zero-order valence-corrected chi connectivity index (χ0v) is 23.0. The molecule has 1 saturated heterocycles. The van der Waals surface area contributed by atoms with Gasteiger partial charge >= 0.3 is 0 Å². The number of nitrogens with zero attached hydrogens (tertiary/aromatic N) is 1. The van der Waals surface area contributed by atoms with Crippen LogP contribution in [0.15, 0.2) is 59.5 Å². The van der Waals surface area contributed by atoms with E-state index >= 15 is 0 Å². The smallest absolute Gasteiger partial charge is 0.243 e. The normalized spacial score (nSPS) is 14.7. The van der Waals surface area contributed by atoms with Crippen molar-refractivity contribution in [3.63, 3.8) is 0 Å². The van der Waals surface area contributed by atoms with Crippen LogP contribution in [0.4, 0.5) is 5.69 Å². The largest absolute Gasteiger partial charge is 0.384 e. The van der Waals surface area contributed by atoms with Gasteiger partial charge in [0.1, 0.15) is 12.3 Å². The number of halogens is 1. The quantitative estimate of drug-likeness (QED) is 0.171. The highest BCUT2D eigenvalue weighted by Gasteiger charge is 2.30. The molecule has 2 amide bonds. The minimum Gasteiger partial charge on any atom is -0.384 e. The van der Waals surface area contributed by atoms with Gasteiger partial charge in [0, 0.05) is 34.8 Å². The number of nitrogens with one attached hydrogen (secondary N) is 3. The van der Waals surface area contributed by atoms with Crippen molar-refractivity contribution >= 4 is 56.3 Å². The lowest BCUT2D eigenvalue weighted by molar-refractivity contribution is -0.127. The van der Waals surface area contributed by atoms with Gasteiger partial charge in [-0.1, -0.05) is 17.7 Å². The number of hydrogen-bond acceptors (Lipinski definition) is 6. The van der Waals surface area contributed by atoms with Crippen LogP contribution in [-0.2, 0) is 19.6 Å². The zero-order valence-electron chi connectivity index (χ0n) is 20.7. The molecule has 0 saturated carbocycles. The Morgan fingerprint density at radius 3 is 2.37 bits per heavy atom. The second-order valence-electron chi connectivity index (χ2n) is 8.98. The van der Waals surface area contributed by atoms with Crippen LogP contribution in [0, 0.1) is 5.41 Å². The standard InChI is InChI=1S/C26H28ClN5O4S2/c1-16(30-24(33)15-25(34)31-19-7-4-17(5-8-19)26(28)29)18-6-10-22(38(35,36)32-12-2-3-13-32)20(14-18)21-9-11-23(27)37-21/h4-11,14,16H,2-3,12-13,15H2,1H3,(H3,28,29)(H,30,33)(H,31,34)/t16-/m0/s1. The molecule has 1 atom stereocenters. The van der Waals surface area contributed by atoms with Gasteiger partial charge < -0.3 is 16.4 Å². The third-order valence-corrected chi connectivity index (χ3v) is 9.42. The maximum Gasteiger partial charge on any atom is 0.243 e. The molecule has 1 aromatic heterocycles. The maximum atomic E-state index is 13.4. The van der Waals surface area contributed by atoms with Crippen molar-refractivity contribution in [3.8, 4) is 10.4 Å². The van der Waals surface area contributed by atoms with Gasteiger partial charge in [0.25, 0.3) is 0 Å². The summed E-state index contributed by atoms with van der Waals surface area (Å²) in [5.41, 5.74) is 7.66. The number of benzene rings is 2. The third-order valence-electron chi connectivity index (χ3n) is 6.20. The summed E-state index contributed by atoms with van der Waals surface area (Å²) >= 11 is 7.44. The predicted octanol–water partition coefficient (Wildman–Crippen LogP) is 4.34. The third kappa shape index (κ3) is 6.41. The van der Waals surface area contributed by atoms with Gasteiger partial charge in [-0.25, -0.2) is 8.42 Å². The topological polar surface area (TPSA) is 145 Å². The molecule has 38 heavy (non-hydrogen) atoms. The molecule has 200 valence electrons. The summed E-state index contributed by atoms with van der Waals surface area (Å²) in [7, 11) is -3.69. The van der Waals surface area contributed by atoms with Crippen molar-refractivity contribution in [1.29, 1.82) is 5.41 Å². The van der Waals surface area contributed by atoms with Crippen molar-refractivity contribution in [2.24, 2.45) is 5.73 Å². The van der Waals surface area contributed by atoms with E-state index in [0.717, 1.165) is 12.8 Å². The molecular formula is C26H28ClN5O4S2. The van der Waals surface area contributed by atoms with Crippen LogP contribution in [0.3, 0.4) is 0 Å². The van der Waals surface area contributed by atoms with E-state index in [9.17, 15) is 18.0 Å². The molecule has 0 unspecified atom stereocenters. The number of carbonyl (C=O) groups excluding carboxylic acids is 2. The maximum absolute atomic E-state index is 13.4. The van der Waals surface area contributed by atoms with Crippen LogP contribution >= 0.6 is 22.9 Å². The molecule has 0 spiro atoms. The summed E-state index contributed by atoms with van der Waals surface area (Å²) in [4.78, 5) is 25.9. The van der Waals surface area contributed by atoms with Crippen LogP contribution in [0.1, 0.15) is 43.4 Å². The summed E-state index contributed by atoms with van der Waals surface area (Å²) < 4.78 is 28.8. The minimum atomic E-state index is -3.69. The highest BCUT2D eigenvalue weighted by molar-refractivity contribution is 7.89. The van der Waals surface area contributed by atoms with Crippen molar-refractivity contribution in [2.75, 3.05) is 18.4 Å². The van der Waals surface area contributed by atoms with E-state index in [1.807, 2.05) is 0 Å². The monoisotopic (exact) mass is 573 g/mol. The Morgan fingerprint density at radius 2 is 1.76 bits per heavy atom. The lowest BCUT2D eigenvalue weighted by Gasteiger charge is -2.20. The van der Waals surface area contributed by atoms with Crippen molar-refractivity contribution in [2.45, 2.75) is 37.1 Å². The second kappa shape index (κ2) is 11.6. The van der Waals surface area contributed by atoms with Gasteiger partial charge in [-0.05, 0) is 73.9 Å². The molecule has 9 nitrogen and oxygen atoms in total. The molecule has 4 rings (SSSR count). The average molecular weight is 574 g/mol. The van der Waals surface area contributed by atoms with Crippen LogP contribution in [-0.4, -0.2) is 43.5 Å². The van der Waals surface area contributed by atoms with Gasteiger partial charge in [0.05, 0.1) is 15.3 Å². The number of carbonyl (C=O) groups is 2. The zero-order chi connectivity index (χ0) is 27.4. The first-order chi connectivity index (χ1) is 18.0. The molecule has 3 aromatic rings. The molecule has 0 bridgehead atoms. The van der Waals surface area contributed by atoms with Crippen LogP contribution in [0.25, 0.3) is 10.4 Å². The first kappa shape index (κ1) is 27.8. The Kier molecular flexibility index (Phi) is 8.51. The van der Waals surface area contributed by atoms with Gasteiger partial charge in [0.15, 0.2) is 0 Å². The van der Waals surface area contributed by atoms with E-state index < -0.39 is 34.3 Å². The Hall–Kier alpha value is -3.25.